The van der Waals surface area contributed by atoms with E-state index in [0.717, 1.165) is 10.6 Å². The van der Waals surface area contributed by atoms with Gasteiger partial charge in [0.15, 0.2) is 11.7 Å². The lowest BCUT2D eigenvalue weighted by Crippen LogP contribution is -3.09. The first-order valence-electron chi connectivity index (χ1n) is 9.11. The first-order valence-corrected chi connectivity index (χ1v) is 9.99. The Labute approximate surface area is 170 Å². The van der Waals surface area contributed by atoms with Gasteiger partial charge in [-0.2, -0.15) is 0 Å². The van der Waals surface area contributed by atoms with E-state index in [4.69, 9.17) is 4.74 Å². The second kappa shape index (κ2) is 9.16. The molecule has 1 atom stereocenters. The largest absolute Gasteiger partial charge is 0.495 e. The molecule has 0 aliphatic heterocycles. The summed E-state index contributed by atoms with van der Waals surface area (Å²) in [4.78, 5) is 31.6. The van der Waals surface area contributed by atoms with Crippen LogP contribution in [0.1, 0.15) is 33.4 Å². The Morgan fingerprint density at radius 3 is 2.57 bits per heavy atom. The number of nitrogens with one attached hydrogen (secondary N) is 2. The van der Waals surface area contributed by atoms with E-state index in [1.165, 1.54) is 18.3 Å². The van der Waals surface area contributed by atoms with Crippen LogP contribution in [0.25, 0.3) is 0 Å². The summed E-state index contributed by atoms with van der Waals surface area (Å²) in [5, 5.41) is 5.47. The van der Waals surface area contributed by atoms with Crippen LogP contribution in [-0.4, -0.2) is 43.0 Å². The summed E-state index contributed by atoms with van der Waals surface area (Å²) >= 11 is 1.40. The van der Waals surface area contributed by atoms with Crippen LogP contribution < -0.4 is 19.9 Å². The quantitative estimate of drug-likeness (QED) is 0.736. The molecule has 2 N–H and O–H groups in total. The zero-order chi connectivity index (χ0) is 20.9. The summed E-state index contributed by atoms with van der Waals surface area (Å²) in [6.07, 6.45) is 0. The van der Waals surface area contributed by atoms with Crippen LogP contribution in [0.2, 0.25) is 0 Å². The highest BCUT2D eigenvalue weighted by Crippen LogP contribution is 2.35. The number of aromatic nitrogens is 1. The van der Waals surface area contributed by atoms with Crippen molar-refractivity contribution >= 4 is 34.0 Å². The fraction of sp³-hybridized carbons (Fsp3) is 0.450. The van der Waals surface area contributed by atoms with Crippen LogP contribution in [0.15, 0.2) is 29.6 Å². The standard InChI is InChI=1S/C20H28N4O3S/c1-14(25)24(16-9-7-8-10-17(16)27-6)19-21-15(13-28-19)11-23(5)12-18(26)22-20(2,3)4/h7-10,13H,11-12H2,1-6H3,(H,22,26)/p+1. The number of likely N-dealkylation sites (N-methyl/N-ethyl adjacent to an activating group) is 1. The van der Waals surface area contributed by atoms with E-state index < -0.39 is 0 Å². The van der Waals surface area contributed by atoms with Gasteiger partial charge in [-0.1, -0.05) is 12.1 Å². The molecule has 0 saturated carbocycles. The van der Waals surface area contributed by atoms with Gasteiger partial charge in [0.1, 0.15) is 18.0 Å². The van der Waals surface area contributed by atoms with E-state index in [1.807, 2.05) is 57.5 Å². The summed E-state index contributed by atoms with van der Waals surface area (Å²) in [6.45, 7) is 8.32. The van der Waals surface area contributed by atoms with Gasteiger partial charge in [0, 0.05) is 17.8 Å². The van der Waals surface area contributed by atoms with Gasteiger partial charge in [-0.15, -0.1) is 11.3 Å². The van der Waals surface area contributed by atoms with Crippen LogP contribution in [-0.2, 0) is 16.1 Å². The van der Waals surface area contributed by atoms with Crippen molar-refractivity contribution in [2.45, 2.75) is 39.8 Å². The van der Waals surface area contributed by atoms with Gasteiger partial charge in [-0.3, -0.25) is 14.5 Å². The maximum atomic E-state index is 12.3. The minimum Gasteiger partial charge on any atom is -0.495 e. The van der Waals surface area contributed by atoms with Gasteiger partial charge < -0.3 is 15.0 Å². The summed E-state index contributed by atoms with van der Waals surface area (Å²) < 4.78 is 5.39. The Kier molecular flexibility index (Phi) is 7.15. The minimum atomic E-state index is -0.248. The van der Waals surface area contributed by atoms with E-state index in [2.05, 4.69) is 10.3 Å². The van der Waals surface area contributed by atoms with Crippen molar-refractivity contribution in [1.82, 2.24) is 10.3 Å². The zero-order valence-corrected chi connectivity index (χ0v) is 18.1. The number of carbonyl (C=O) groups is 2. The van der Waals surface area contributed by atoms with Gasteiger partial charge in [0.05, 0.1) is 19.8 Å². The number of nitrogens with zero attached hydrogens (tertiary/aromatic N) is 2. The Bertz CT molecular complexity index is 829. The molecule has 7 nitrogen and oxygen atoms in total. The number of quaternary nitrogens is 1. The fourth-order valence-electron chi connectivity index (χ4n) is 2.81. The molecular formula is C20H29N4O3S+. The van der Waals surface area contributed by atoms with Crippen molar-refractivity contribution in [3.05, 3.63) is 35.3 Å². The Balaban J connectivity index is 2.13. The topological polar surface area (TPSA) is 76.0 Å². The number of hydrogen-bond acceptors (Lipinski definition) is 5. The van der Waals surface area contributed by atoms with Crippen LogP contribution in [0.4, 0.5) is 10.8 Å². The number of para-hydroxylation sites is 2. The van der Waals surface area contributed by atoms with Gasteiger partial charge in [0.25, 0.3) is 5.91 Å². The molecule has 0 bridgehead atoms. The number of hydrogen-bond donors (Lipinski definition) is 2. The molecular weight excluding hydrogens is 376 g/mol. The third-order valence-electron chi connectivity index (χ3n) is 3.83. The van der Waals surface area contributed by atoms with E-state index in [1.54, 1.807) is 12.0 Å². The number of ether oxygens (including phenoxy) is 1. The first kappa shape index (κ1) is 21.8. The van der Waals surface area contributed by atoms with Gasteiger partial charge >= 0.3 is 0 Å². The number of anilines is 2. The average Bonchev–Trinajstić information content (AvgIpc) is 3.00. The maximum Gasteiger partial charge on any atom is 0.275 e. The molecule has 2 aromatic rings. The number of amides is 2. The van der Waals surface area contributed by atoms with Crippen molar-refractivity contribution in [3.8, 4) is 5.75 Å². The van der Waals surface area contributed by atoms with Crippen LogP contribution in [0, 0.1) is 0 Å². The predicted molar refractivity (Wildman–Crippen MR) is 111 cm³/mol. The molecule has 8 heteroatoms. The number of carbonyl (C=O) groups excluding carboxylic acids is 2. The Hall–Kier alpha value is -2.45. The SMILES string of the molecule is COc1ccccc1N(C(C)=O)c1nc(C[NH+](C)CC(=O)NC(C)(C)C)cs1. The van der Waals surface area contributed by atoms with E-state index >= 15 is 0 Å². The molecule has 1 aromatic carbocycles. The second-order valence-corrected chi connectivity index (χ2v) is 8.59. The molecule has 0 spiro atoms. The van der Waals surface area contributed by atoms with E-state index in [-0.39, 0.29) is 17.4 Å². The molecule has 152 valence electrons. The van der Waals surface area contributed by atoms with Crippen molar-refractivity contribution in [1.29, 1.82) is 0 Å². The Morgan fingerprint density at radius 1 is 1.29 bits per heavy atom. The summed E-state index contributed by atoms with van der Waals surface area (Å²) in [5.41, 5.74) is 1.24. The lowest BCUT2D eigenvalue weighted by Gasteiger charge is -2.21. The van der Waals surface area contributed by atoms with Crippen molar-refractivity contribution in [2.75, 3.05) is 25.6 Å². The summed E-state index contributed by atoms with van der Waals surface area (Å²) in [7, 11) is 3.52. The molecule has 0 aliphatic rings. The molecule has 1 aromatic heterocycles. The smallest absolute Gasteiger partial charge is 0.275 e. The molecule has 0 fully saturated rings. The molecule has 2 amide bonds. The third kappa shape index (κ3) is 6.03. The number of thiazole rings is 1. The number of methoxy groups -OCH3 is 1. The third-order valence-corrected chi connectivity index (χ3v) is 4.71. The molecule has 0 saturated heterocycles. The highest BCUT2D eigenvalue weighted by atomic mass is 32.1. The average molecular weight is 406 g/mol. The van der Waals surface area contributed by atoms with Crippen LogP contribution in [0.3, 0.4) is 0 Å². The monoisotopic (exact) mass is 405 g/mol. The number of benzene rings is 1. The van der Waals surface area contributed by atoms with E-state index in [9.17, 15) is 9.59 Å². The highest BCUT2D eigenvalue weighted by molar-refractivity contribution is 7.14. The van der Waals surface area contributed by atoms with Gasteiger partial charge in [-0.05, 0) is 32.9 Å². The van der Waals surface area contributed by atoms with E-state index in [0.29, 0.717) is 29.7 Å². The van der Waals surface area contributed by atoms with Crippen molar-refractivity contribution < 1.29 is 19.2 Å². The molecule has 1 heterocycles. The van der Waals surface area contributed by atoms with Crippen LogP contribution in [0.5, 0.6) is 5.75 Å². The summed E-state index contributed by atoms with van der Waals surface area (Å²) in [6, 6.07) is 7.35. The van der Waals surface area contributed by atoms with Crippen molar-refractivity contribution in [3.63, 3.8) is 0 Å². The lowest BCUT2D eigenvalue weighted by molar-refractivity contribution is -0.885. The molecule has 1 unspecified atom stereocenters. The Morgan fingerprint density at radius 2 is 1.96 bits per heavy atom. The molecule has 2 rings (SSSR count). The molecule has 0 aliphatic carbocycles. The minimum absolute atomic E-state index is 0.000150. The summed E-state index contributed by atoms with van der Waals surface area (Å²) in [5.74, 6) is 0.464. The normalized spacial score (nSPS) is 12.4. The lowest BCUT2D eigenvalue weighted by atomic mass is 10.1. The zero-order valence-electron chi connectivity index (χ0n) is 17.3. The van der Waals surface area contributed by atoms with Crippen LogP contribution >= 0.6 is 11.3 Å². The molecule has 0 radical (unpaired) electrons. The molecule has 28 heavy (non-hydrogen) atoms. The van der Waals surface area contributed by atoms with Crippen molar-refractivity contribution in [2.24, 2.45) is 0 Å². The predicted octanol–water partition coefficient (Wildman–Crippen LogP) is 1.77. The maximum absolute atomic E-state index is 12.3. The highest BCUT2D eigenvalue weighted by Gasteiger charge is 2.22. The number of rotatable bonds is 7. The fourth-order valence-corrected chi connectivity index (χ4v) is 3.69. The first-order chi connectivity index (χ1) is 13.1. The van der Waals surface area contributed by atoms with Gasteiger partial charge in [0.2, 0.25) is 5.91 Å². The van der Waals surface area contributed by atoms with Gasteiger partial charge in [-0.25, -0.2) is 4.98 Å². The second-order valence-electron chi connectivity index (χ2n) is 7.76.